The Balaban J connectivity index is 2.29. The van der Waals surface area contributed by atoms with E-state index in [2.05, 4.69) is 19.0 Å². The molecule has 68 valence electrons. The van der Waals surface area contributed by atoms with Gasteiger partial charge in [-0.05, 0) is 18.6 Å². The van der Waals surface area contributed by atoms with Crippen LogP contribution in [0.3, 0.4) is 0 Å². The third-order valence-electron chi connectivity index (χ3n) is 1.64. The highest BCUT2D eigenvalue weighted by molar-refractivity contribution is 5.22. The molecule has 0 aliphatic carbocycles. The van der Waals surface area contributed by atoms with Crippen LogP contribution in [0.25, 0.3) is 0 Å². The molecule has 1 nitrogen and oxygen atoms in total. The summed E-state index contributed by atoms with van der Waals surface area (Å²) in [7, 11) is 0. The van der Waals surface area contributed by atoms with E-state index < -0.39 is 0 Å². The van der Waals surface area contributed by atoms with E-state index in [-0.39, 0.29) is 0 Å². The topological polar surface area (TPSA) is 9.23 Å². The second-order valence-electron chi connectivity index (χ2n) is 2.80. The standard InChI is InChI=1S/C12H14O/c1-2-3-4-8-11-13-12-9-6-5-7-10-12/h5-7,9-10H,2-4H2,1H3. The molecule has 0 N–H and O–H groups in total. The van der Waals surface area contributed by atoms with Crippen LogP contribution >= 0.6 is 0 Å². The van der Waals surface area contributed by atoms with Crippen LogP contribution in [0.2, 0.25) is 0 Å². The summed E-state index contributed by atoms with van der Waals surface area (Å²) in [4.78, 5) is 0. The largest absolute Gasteiger partial charge is 0.408 e. The molecule has 1 heteroatoms. The Labute approximate surface area is 79.7 Å². The first-order chi connectivity index (χ1) is 6.43. The first-order valence-corrected chi connectivity index (χ1v) is 4.63. The van der Waals surface area contributed by atoms with Gasteiger partial charge in [-0.25, -0.2) is 0 Å². The minimum Gasteiger partial charge on any atom is -0.408 e. The van der Waals surface area contributed by atoms with Gasteiger partial charge in [-0.3, -0.25) is 0 Å². The molecule has 0 amide bonds. The molecule has 0 radical (unpaired) electrons. The molecule has 0 aliphatic heterocycles. The predicted octanol–water partition coefficient (Wildman–Crippen LogP) is 3.22. The summed E-state index contributed by atoms with van der Waals surface area (Å²) < 4.78 is 5.19. The van der Waals surface area contributed by atoms with Crippen molar-refractivity contribution in [3.63, 3.8) is 0 Å². The van der Waals surface area contributed by atoms with Gasteiger partial charge in [-0.2, -0.15) is 0 Å². The van der Waals surface area contributed by atoms with Crippen LogP contribution in [0.15, 0.2) is 30.3 Å². The third-order valence-corrected chi connectivity index (χ3v) is 1.64. The van der Waals surface area contributed by atoms with Gasteiger partial charge in [0, 0.05) is 6.42 Å². The lowest BCUT2D eigenvalue weighted by molar-refractivity contribution is 0.518. The van der Waals surface area contributed by atoms with E-state index >= 15 is 0 Å². The number of benzene rings is 1. The fourth-order valence-corrected chi connectivity index (χ4v) is 0.900. The lowest BCUT2D eigenvalue weighted by atomic mass is 10.3. The predicted molar refractivity (Wildman–Crippen MR) is 54.4 cm³/mol. The summed E-state index contributed by atoms with van der Waals surface area (Å²) in [5.41, 5.74) is 0. The average molecular weight is 174 g/mol. The van der Waals surface area contributed by atoms with Gasteiger partial charge in [0.05, 0.1) is 0 Å². The van der Waals surface area contributed by atoms with E-state index in [0.29, 0.717) is 0 Å². The number of hydrogen-bond acceptors (Lipinski definition) is 1. The van der Waals surface area contributed by atoms with Crippen molar-refractivity contribution in [3.8, 4) is 17.8 Å². The molecule has 1 aromatic rings. The van der Waals surface area contributed by atoms with Crippen LogP contribution < -0.4 is 4.74 Å². The molecule has 1 rings (SSSR count). The maximum Gasteiger partial charge on any atom is 0.140 e. The SMILES string of the molecule is CCCCC#COc1ccccc1. The van der Waals surface area contributed by atoms with Crippen molar-refractivity contribution < 1.29 is 4.74 Å². The lowest BCUT2D eigenvalue weighted by Crippen LogP contribution is -1.81. The average Bonchev–Trinajstić information content (AvgIpc) is 2.19. The summed E-state index contributed by atoms with van der Waals surface area (Å²) in [5.74, 6) is 3.77. The third kappa shape index (κ3) is 4.22. The van der Waals surface area contributed by atoms with E-state index in [1.807, 2.05) is 30.3 Å². The minimum absolute atomic E-state index is 0.812. The molecule has 0 saturated carbocycles. The zero-order valence-corrected chi connectivity index (χ0v) is 7.92. The van der Waals surface area contributed by atoms with E-state index in [4.69, 9.17) is 4.74 Å². The molecule has 0 atom stereocenters. The van der Waals surface area contributed by atoms with Crippen molar-refractivity contribution >= 4 is 0 Å². The molecular formula is C12H14O. The van der Waals surface area contributed by atoms with Crippen molar-refractivity contribution in [2.75, 3.05) is 0 Å². The van der Waals surface area contributed by atoms with Crippen LogP contribution in [0.4, 0.5) is 0 Å². The molecule has 13 heavy (non-hydrogen) atoms. The highest BCUT2D eigenvalue weighted by atomic mass is 16.5. The zero-order valence-electron chi connectivity index (χ0n) is 7.92. The molecule has 0 heterocycles. The Morgan fingerprint density at radius 2 is 2.00 bits per heavy atom. The van der Waals surface area contributed by atoms with Crippen molar-refractivity contribution in [3.05, 3.63) is 30.3 Å². The Hall–Kier alpha value is -1.42. The molecule has 0 bridgehead atoms. The number of hydrogen-bond donors (Lipinski definition) is 0. The molecule has 0 saturated heterocycles. The van der Waals surface area contributed by atoms with E-state index in [1.165, 1.54) is 6.42 Å². The van der Waals surface area contributed by atoms with Crippen LogP contribution in [0.1, 0.15) is 26.2 Å². The summed E-state index contributed by atoms with van der Waals surface area (Å²) in [6, 6.07) is 9.62. The lowest BCUT2D eigenvalue weighted by Gasteiger charge is -1.93. The van der Waals surface area contributed by atoms with Crippen LogP contribution in [-0.2, 0) is 0 Å². The van der Waals surface area contributed by atoms with Gasteiger partial charge in [0.25, 0.3) is 0 Å². The summed E-state index contributed by atoms with van der Waals surface area (Å²) >= 11 is 0. The van der Waals surface area contributed by atoms with Gasteiger partial charge in [0.2, 0.25) is 0 Å². The molecule has 0 spiro atoms. The highest BCUT2D eigenvalue weighted by Crippen LogP contribution is 2.06. The summed E-state index contributed by atoms with van der Waals surface area (Å²) in [5, 5.41) is 0. The van der Waals surface area contributed by atoms with E-state index in [1.54, 1.807) is 0 Å². The van der Waals surface area contributed by atoms with Crippen molar-refractivity contribution in [1.29, 1.82) is 0 Å². The summed E-state index contributed by atoms with van der Waals surface area (Å²) in [6.07, 6.45) is 5.93. The smallest absolute Gasteiger partial charge is 0.140 e. The number of para-hydroxylation sites is 1. The van der Waals surface area contributed by atoms with Gasteiger partial charge in [0.15, 0.2) is 0 Å². The monoisotopic (exact) mass is 174 g/mol. The van der Waals surface area contributed by atoms with Crippen LogP contribution in [-0.4, -0.2) is 0 Å². The molecule has 0 fully saturated rings. The number of ether oxygens (including phenoxy) is 1. The van der Waals surface area contributed by atoms with Crippen molar-refractivity contribution in [2.45, 2.75) is 26.2 Å². The quantitative estimate of drug-likeness (QED) is 0.505. The van der Waals surface area contributed by atoms with E-state index in [0.717, 1.165) is 18.6 Å². The highest BCUT2D eigenvalue weighted by Gasteiger charge is 1.85. The molecule has 0 aliphatic rings. The zero-order chi connectivity index (χ0) is 9.36. The second kappa shape index (κ2) is 6.14. The molecule has 1 aromatic carbocycles. The van der Waals surface area contributed by atoms with Gasteiger partial charge in [-0.1, -0.05) is 37.5 Å². The first-order valence-electron chi connectivity index (χ1n) is 4.63. The Kier molecular flexibility index (Phi) is 4.56. The van der Waals surface area contributed by atoms with Crippen molar-refractivity contribution in [2.24, 2.45) is 0 Å². The molecular weight excluding hydrogens is 160 g/mol. The number of rotatable bonds is 3. The Morgan fingerprint density at radius 3 is 2.69 bits per heavy atom. The van der Waals surface area contributed by atoms with Gasteiger partial charge >= 0.3 is 0 Å². The Bertz CT molecular complexity index is 279. The maximum atomic E-state index is 5.19. The minimum atomic E-state index is 0.812. The van der Waals surface area contributed by atoms with Gasteiger partial charge < -0.3 is 4.74 Å². The van der Waals surface area contributed by atoms with Crippen LogP contribution in [0.5, 0.6) is 5.75 Å². The maximum absolute atomic E-state index is 5.19. The molecule has 0 aromatic heterocycles. The van der Waals surface area contributed by atoms with Crippen LogP contribution in [0, 0.1) is 12.0 Å². The fraction of sp³-hybridized carbons (Fsp3) is 0.333. The summed E-state index contributed by atoms with van der Waals surface area (Å²) in [6.45, 7) is 2.15. The normalized spacial score (nSPS) is 8.69. The first kappa shape index (κ1) is 9.67. The second-order valence-corrected chi connectivity index (χ2v) is 2.80. The molecule has 0 unspecified atom stereocenters. The van der Waals surface area contributed by atoms with Gasteiger partial charge in [-0.15, -0.1) is 0 Å². The number of unbranched alkanes of at least 4 members (excludes halogenated alkanes) is 2. The Morgan fingerprint density at radius 1 is 1.23 bits per heavy atom. The van der Waals surface area contributed by atoms with Gasteiger partial charge in [0.1, 0.15) is 11.9 Å². The van der Waals surface area contributed by atoms with E-state index in [9.17, 15) is 0 Å². The fourth-order valence-electron chi connectivity index (χ4n) is 0.900. The van der Waals surface area contributed by atoms with Crippen molar-refractivity contribution in [1.82, 2.24) is 0 Å².